The molecule has 6 heteroatoms. The minimum Gasteiger partial charge on any atom is -0.479 e. The first-order valence-electron chi connectivity index (χ1n) is 6.73. The van der Waals surface area contributed by atoms with Gasteiger partial charge in [-0.1, -0.05) is 12.1 Å². The number of esters is 1. The monoisotopic (exact) mass is 290 g/mol. The van der Waals surface area contributed by atoms with E-state index in [9.17, 15) is 14.7 Å². The molecule has 0 aliphatic carbocycles. The van der Waals surface area contributed by atoms with Crippen LogP contribution in [-0.2, 0) is 14.3 Å². The first-order chi connectivity index (χ1) is 9.88. The number of aryl methyl sites for hydroxylation is 1. The molecule has 0 saturated carbocycles. The number of nitrogens with zero attached hydrogens (tertiary/aromatic N) is 2. The van der Waals surface area contributed by atoms with Crippen molar-refractivity contribution < 1.29 is 19.4 Å². The van der Waals surface area contributed by atoms with Crippen molar-refractivity contribution in [1.82, 2.24) is 0 Å². The number of hydrogen-bond acceptors (Lipinski definition) is 5. The van der Waals surface area contributed by atoms with Gasteiger partial charge in [0.2, 0.25) is 0 Å². The zero-order chi connectivity index (χ0) is 15.6. The molecule has 0 radical (unpaired) electrons. The largest absolute Gasteiger partial charge is 0.479 e. The van der Waals surface area contributed by atoms with E-state index >= 15 is 0 Å². The molecule has 1 heterocycles. The molecular weight excluding hydrogens is 272 g/mol. The molecule has 0 saturated heterocycles. The molecule has 112 valence electrons. The van der Waals surface area contributed by atoms with Crippen LogP contribution in [0, 0.1) is 6.92 Å². The van der Waals surface area contributed by atoms with Gasteiger partial charge in [0.25, 0.3) is 0 Å². The number of hydrogen-bond donors (Lipinski definition) is 1. The molecule has 2 rings (SSSR count). The second-order valence-electron chi connectivity index (χ2n) is 5.17. The summed E-state index contributed by atoms with van der Waals surface area (Å²) >= 11 is 0. The summed E-state index contributed by atoms with van der Waals surface area (Å²) in [5, 5.41) is 15.1. The van der Waals surface area contributed by atoms with Crippen molar-refractivity contribution in [3.05, 3.63) is 29.8 Å². The fourth-order valence-corrected chi connectivity index (χ4v) is 2.26. The van der Waals surface area contributed by atoms with Crippen LogP contribution in [-0.4, -0.2) is 34.9 Å². The second-order valence-corrected chi connectivity index (χ2v) is 5.17. The van der Waals surface area contributed by atoms with E-state index in [0.717, 1.165) is 5.56 Å². The second kappa shape index (κ2) is 5.55. The molecule has 21 heavy (non-hydrogen) atoms. The van der Waals surface area contributed by atoms with Crippen LogP contribution >= 0.6 is 0 Å². The minimum absolute atomic E-state index is 0.00904. The van der Waals surface area contributed by atoms with Gasteiger partial charge in [0, 0.05) is 6.42 Å². The number of aliphatic carboxylic acids is 1. The van der Waals surface area contributed by atoms with Crippen LogP contribution in [0.3, 0.4) is 0 Å². The lowest BCUT2D eigenvalue weighted by Crippen LogP contribution is -2.47. The highest BCUT2D eigenvalue weighted by atomic mass is 16.5. The molecule has 1 aliphatic heterocycles. The van der Waals surface area contributed by atoms with Gasteiger partial charge in [0.05, 0.1) is 12.3 Å². The quantitative estimate of drug-likeness (QED) is 0.858. The molecule has 0 aromatic heterocycles. The zero-order valence-corrected chi connectivity index (χ0v) is 12.3. The van der Waals surface area contributed by atoms with Crippen molar-refractivity contribution >= 4 is 23.3 Å². The van der Waals surface area contributed by atoms with E-state index in [0.29, 0.717) is 5.69 Å². The molecule has 0 spiro atoms. The summed E-state index contributed by atoms with van der Waals surface area (Å²) in [6.07, 6.45) is 0.00904. The van der Waals surface area contributed by atoms with Gasteiger partial charge in [0.15, 0.2) is 5.54 Å². The SMILES string of the molecule is CCOC(=O)C1=NN(c2cccc(C)c2)[C@@](C)(C(=O)O)C1. The van der Waals surface area contributed by atoms with Crippen molar-refractivity contribution in [1.29, 1.82) is 0 Å². The third-order valence-electron chi connectivity index (χ3n) is 3.42. The van der Waals surface area contributed by atoms with Crippen molar-refractivity contribution in [3.8, 4) is 0 Å². The summed E-state index contributed by atoms with van der Waals surface area (Å²) < 4.78 is 4.92. The Morgan fingerprint density at radius 1 is 1.48 bits per heavy atom. The van der Waals surface area contributed by atoms with Gasteiger partial charge in [-0.25, -0.2) is 14.6 Å². The zero-order valence-electron chi connectivity index (χ0n) is 12.3. The third kappa shape index (κ3) is 2.74. The highest BCUT2D eigenvalue weighted by Crippen LogP contribution is 2.33. The van der Waals surface area contributed by atoms with Crippen molar-refractivity contribution in [2.24, 2.45) is 5.10 Å². The lowest BCUT2D eigenvalue weighted by atomic mass is 9.95. The molecule has 0 fully saturated rings. The Labute approximate surface area is 123 Å². The van der Waals surface area contributed by atoms with Crippen LogP contribution in [0.4, 0.5) is 5.69 Å². The Kier molecular flexibility index (Phi) is 3.97. The minimum atomic E-state index is -1.30. The fraction of sp³-hybridized carbons (Fsp3) is 0.400. The molecule has 1 aromatic rings. The van der Waals surface area contributed by atoms with Crippen LogP contribution in [0.15, 0.2) is 29.4 Å². The van der Waals surface area contributed by atoms with Crippen molar-refractivity contribution in [2.75, 3.05) is 11.6 Å². The summed E-state index contributed by atoms with van der Waals surface area (Å²) in [6, 6.07) is 7.34. The number of benzene rings is 1. The van der Waals surface area contributed by atoms with Gasteiger partial charge >= 0.3 is 11.9 Å². The predicted octanol–water partition coefficient (Wildman–Crippen LogP) is 1.97. The van der Waals surface area contributed by atoms with Crippen LogP contribution in [0.25, 0.3) is 0 Å². The number of carboxylic acid groups (broad SMARTS) is 1. The maximum atomic E-state index is 11.8. The predicted molar refractivity (Wildman–Crippen MR) is 78.4 cm³/mol. The van der Waals surface area contributed by atoms with E-state index in [1.54, 1.807) is 19.9 Å². The van der Waals surface area contributed by atoms with Crippen LogP contribution in [0.2, 0.25) is 0 Å². The highest BCUT2D eigenvalue weighted by Gasteiger charge is 2.48. The normalized spacial score (nSPS) is 21.1. The Hall–Kier alpha value is -2.37. The van der Waals surface area contributed by atoms with Crippen molar-refractivity contribution in [3.63, 3.8) is 0 Å². The molecule has 0 amide bonds. The van der Waals surface area contributed by atoms with Gasteiger partial charge in [-0.2, -0.15) is 5.10 Å². The van der Waals surface area contributed by atoms with E-state index in [4.69, 9.17) is 4.74 Å². The van der Waals surface area contributed by atoms with E-state index in [2.05, 4.69) is 5.10 Å². The Balaban J connectivity index is 2.42. The number of carboxylic acids is 1. The van der Waals surface area contributed by atoms with E-state index < -0.39 is 17.5 Å². The molecule has 1 aliphatic rings. The summed E-state index contributed by atoms with van der Waals surface area (Å²) in [7, 11) is 0. The lowest BCUT2D eigenvalue weighted by Gasteiger charge is -2.30. The van der Waals surface area contributed by atoms with E-state index in [1.165, 1.54) is 5.01 Å². The van der Waals surface area contributed by atoms with Crippen molar-refractivity contribution in [2.45, 2.75) is 32.7 Å². The molecule has 1 atom stereocenters. The molecule has 1 aromatic carbocycles. The van der Waals surface area contributed by atoms with Gasteiger partial charge < -0.3 is 9.84 Å². The van der Waals surface area contributed by atoms with Gasteiger partial charge in [0.1, 0.15) is 5.71 Å². The number of carbonyl (C=O) groups excluding carboxylic acids is 1. The maximum absolute atomic E-state index is 11.8. The average molecular weight is 290 g/mol. The summed E-state index contributed by atoms with van der Waals surface area (Å²) in [5.41, 5.74) is 0.457. The standard InChI is InChI=1S/C15H18N2O4/c1-4-21-13(18)12-9-15(3,14(19)20)17(16-12)11-7-5-6-10(2)8-11/h5-8H,4,9H2,1-3H3,(H,19,20)/t15-/m1/s1. The first kappa shape index (κ1) is 15.0. The third-order valence-corrected chi connectivity index (χ3v) is 3.42. The Bertz CT molecular complexity index is 611. The smallest absolute Gasteiger partial charge is 0.354 e. The maximum Gasteiger partial charge on any atom is 0.354 e. The molecule has 6 nitrogen and oxygen atoms in total. The fourth-order valence-electron chi connectivity index (χ4n) is 2.26. The molecule has 0 bridgehead atoms. The summed E-state index contributed by atoms with van der Waals surface area (Å²) in [5.74, 6) is -1.60. The number of anilines is 1. The average Bonchev–Trinajstić information content (AvgIpc) is 2.79. The number of rotatable bonds is 4. The Morgan fingerprint density at radius 3 is 2.76 bits per heavy atom. The van der Waals surface area contributed by atoms with Crippen LogP contribution in [0.5, 0.6) is 0 Å². The number of hydrazone groups is 1. The number of ether oxygens (including phenoxy) is 1. The van der Waals surface area contributed by atoms with Crippen LogP contribution in [0.1, 0.15) is 25.8 Å². The molecule has 1 N–H and O–H groups in total. The lowest BCUT2D eigenvalue weighted by molar-refractivity contribution is -0.142. The van der Waals surface area contributed by atoms with Gasteiger partial charge in [-0.3, -0.25) is 0 Å². The summed E-state index contributed by atoms with van der Waals surface area (Å²) in [4.78, 5) is 23.5. The van der Waals surface area contributed by atoms with Gasteiger partial charge in [-0.15, -0.1) is 0 Å². The first-order valence-corrected chi connectivity index (χ1v) is 6.73. The number of carbonyl (C=O) groups is 2. The topological polar surface area (TPSA) is 79.2 Å². The molecular formula is C15H18N2O4. The van der Waals surface area contributed by atoms with Crippen LogP contribution < -0.4 is 5.01 Å². The Morgan fingerprint density at radius 2 is 2.19 bits per heavy atom. The van der Waals surface area contributed by atoms with Gasteiger partial charge in [-0.05, 0) is 38.5 Å². The van der Waals surface area contributed by atoms with E-state index in [-0.39, 0.29) is 18.7 Å². The molecule has 0 unspecified atom stereocenters. The summed E-state index contributed by atoms with van der Waals surface area (Å²) in [6.45, 7) is 5.38. The van der Waals surface area contributed by atoms with E-state index in [1.807, 2.05) is 25.1 Å². The highest BCUT2D eigenvalue weighted by molar-refractivity contribution is 6.38.